The molecule has 1 aromatic heterocycles. The van der Waals surface area contributed by atoms with E-state index in [0.717, 1.165) is 11.3 Å². The van der Waals surface area contributed by atoms with Crippen LogP contribution >= 0.6 is 18.4 Å². The Morgan fingerprint density at radius 1 is 1.26 bits per heavy atom. The van der Waals surface area contributed by atoms with E-state index in [9.17, 15) is 0 Å². The van der Waals surface area contributed by atoms with E-state index in [4.69, 9.17) is 24.0 Å². The monoisotopic (exact) mass is 311 g/mol. The van der Waals surface area contributed by atoms with Gasteiger partial charge >= 0.3 is 0 Å². The fourth-order valence-corrected chi connectivity index (χ4v) is 4.04. The molecule has 2 aromatic rings. The zero-order valence-corrected chi connectivity index (χ0v) is 13.9. The predicted octanol–water partition coefficient (Wildman–Crippen LogP) is 3.72. The van der Waals surface area contributed by atoms with E-state index in [1.807, 2.05) is 15.1 Å². The molecule has 0 saturated heterocycles. The summed E-state index contributed by atoms with van der Waals surface area (Å²) in [6.45, 7) is 7.09. The van der Waals surface area contributed by atoms with Crippen molar-refractivity contribution in [3.05, 3.63) is 47.0 Å². The van der Waals surface area contributed by atoms with Gasteiger partial charge in [0.1, 0.15) is 6.33 Å². The van der Waals surface area contributed by atoms with Crippen LogP contribution in [0.2, 0.25) is 0 Å². The van der Waals surface area contributed by atoms with Crippen molar-refractivity contribution in [3.63, 3.8) is 0 Å². The van der Waals surface area contributed by atoms with Crippen LogP contribution in [0.3, 0.4) is 0 Å². The first-order valence-corrected chi connectivity index (χ1v) is 10.2. The van der Waals surface area contributed by atoms with Crippen LogP contribution in [0, 0.1) is 4.77 Å². The van der Waals surface area contributed by atoms with E-state index in [2.05, 4.69) is 49.6 Å². The molecule has 1 atom stereocenters. The van der Waals surface area contributed by atoms with Gasteiger partial charge in [0.25, 0.3) is 0 Å². The molecule has 2 rings (SSSR count). The van der Waals surface area contributed by atoms with Gasteiger partial charge in [0.05, 0.1) is 6.54 Å². The van der Waals surface area contributed by atoms with Gasteiger partial charge < -0.3 is 0 Å². The summed E-state index contributed by atoms with van der Waals surface area (Å²) < 4.78 is 4.58. The highest BCUT2D eigenvalue weighted by Gasteiger charge is 2.12. The van der Waals surface area contributed by atoms with E-state index in [-0.39, 0.29) is 0 Å². The summed E-state index contributed by atoms with van der Waals surface area (Å²) >= 11 is 11.0. The molecule has 0 spiro atoms. The Kier molecular flexibility index (Phi) is 4.39. The third kappa shape index (κ3) is 3.41. The zero-order valence-electron chi connectivity index (χ0n) is 11.4. The minimum absolute atomic E-state index is 0.378. The average molecular weight is 311 g/mol. The van der Waals surface area contributed by atoms with E-state index in [1.54, 1.807) is 6.33 Å². The van der Waals surface area contributed by atoms with Crippen molar-refractivity contribution in [2.75, 3.05) is 13.3 Å². The van der Waals surface area contributed by atoms with E-state index < -0.39 is 6.19 Å². The highest BCUT2D eigenvalue weighted by Crippen LogP contribution is 2.38. The van der Waals surface area contributed by atoms with Gasteiger partial charge in [-0.15, -0.1) is 0 Å². The van der Waals surface area contributed by atoms with Crippen molar-refractivity contribution in [2.24, 2.45) is 0 Å². The van der Waals surface area contributed by atoms with Gasteiger partial charge in [0, 0.05) is 12.1 Å². The molecule has 0 fully saturated rings. The van der Waals surface area contributed by atoms with Crippen molar-refractivity contribution < 1.29 is 0 Å². The van der Waals surface area contributed by atoms with Crippen LogP contribution in [0.1, 0.15) is 18.4 Å². The highest BCUT2D eigenvalue weighted by molar-refractivity contribution is 8.13. The van der Waals surface area contributed by atoms with Crippen LogP contribution in [0.25, 0.3) is 0 Å². The molecule has 0 aliphatic carbocycles. The van der Waals surface area contributed by atoms with Crippen LogP contribution in [-0.4, -0.2) is 27.4 Å². The summed E-state index contributed by atoms with van der Waals surface area (Å²) in [5, 5.41) is 4.38. The van der Waals surface area contributed by atoms with Crippen molar-refractivity contribution in [1.82, 2.24) is 14.1 Å². The summed E-state index contributed by atoms with van der Waals surface area (Å²) in [5.41, 5.74) is 1.30. The molecule has 0 bridgehead atoms. The first kappa shape index (κ1) is 14.6. The van der Waals surface area contributed by atoms with E-state index >= 15 is 0 Å². The lowest BCUT2D eigenvalue weighted by molar-refractivity contribution is 0.535. The lowest BCUT2D eigenvalue weighted by Gasteiger charge is -2.13. The number of rotatable bonds is 4. The Hall–Kier alpha value is -0.770. The van der Waals surface area contributed by atoms with Gasteiger partial charge in [0.2, 0.25) is 4.77 Å². The van der Waals surface area contributed by atoms with Crippen LogP contribution in [-0.2, 0) is 18.4 Å². The Morgan fingerprint density at radius 2 is 1.89 bits per heavy atom. The number of hydrogen-bond donors (Lipinski definition) is 0. The van der Waals surface area contributed by atoms with E-state index in [0.29, 0.717) is 5.92 Å². The van der Waals surface area contributed by atoms with Gasteiger partial charge in [0.15, 0.2) is 0 Å². The first-order valence-electron chi connectivity index (χ1n) is 6.15. The Balaban J connectivity index is 2.24. The smallest absolute Gasteiger partial charge is 0.201 e. The summed E-state index contributed by atoms with van der Waals surface area (Å²) in [6, 6.07) is 10.4. The molecular weight excluding hydrogens is 293 g/mol. The molecule has 0 radical (unpaired) electrons. The van der Waals surface area contributed by atoms with Gasteiger partial charge in [-0.2, -0.15) is 5.10 Å². The van der Waals surface area contributed by atoms with Crippen molar-refractivity contribution in [2.45, 2.75) is 19.4 Å². The van der Waals surface area contributed by atoms with Gasteiger partial charge in [-0.3, -0.25) is 4.34 Å². The quantitative estimate of drug-likeness (QED) is 0.635. The molecule has 3 nitrogen and oxygen atoms in total. The molecule has 1 aromatic carbocycles. The summed E-state index contributed by atoms with van der Waals surface area (Å²) in [7, 11) is 0. The van der Waals surface area contributed by atoms with Gasteiger partial charge in [-0.05, 0) is 31.1 Å². The van der Waals surface area contributed by atoms with Gasteiger partial charge in [-0.25, -0.2) is 4.68 Å². The standard InChI is InChI=1S/C13H18N3PS2/c1-11(12-7-5-4-6-8-12)9-15-13(18)16(10-14-15)17(2,3)19/h4-8,10-11H,9H2,1-3H3. The molecule has 102 valence electrons. The highest BCUT2D eigenvalue weighted by atomic mass is 32.4. The summed E-state index contributed by atoms with van der Waals surface area (Å²) in [6.07, 6.45) is 0.191. The van der Waals surface area contributed by atoms with Gasteiger partial charge in [-0.1, -0.05) is 49.1 Å². The number of hydrogen-bond acceptors (Lipinski definition) is 3. The molecule has 19 heavy (non-hydrogen) atoms. The lowest BCUT2D eigenvalue weighted by atomic mass is 10.0. The number of benzene rings is 1. The SMILES string of the molecule is CC(Cn1ncn(P(C)(C)=S)c1=S)c1ccccc1. The minimum Gasteiger partial charge on any atom is -0.277 e. The molecule has 0 aliphatic rings. The molecule has 1 heterocycles. The maximum atomic E-state index is 5.51. The first-order chi connectivity index (χ1) is 8.89. The molecule has 1 unspecified atom stereocenters. The molecule has 0 aliphatic heterocycles. The second-order valence-electron chi connectivity index (χ2n) is 5.05. The summed E-state index contributed by atoms with van der Waals surface area (Å²) in [5.74, 6) is 0.378. The Bertz CT molecular complexity index is 654. The molecule has 6 heteroatoms. The van der Waals surface area contributed by atoms with Crippen molar-refractivity contribution >= 4 is 30.2 Å². The van der Waals surface area contributed by atoms with Crippen LogP contribution in [0.4, 0.5) is 0 Å². The maximum Gasteiger partial charge on any atom is 0.201 e. The fraction of sp³-hybridized carbons (Fsp3) is 0.385. The second-order valence-corrected chi connectivity index (χ2v) is 11.1. The van der Waals surface area contributed by atoms with Crippen LogP contribution in [0.5, 0.6) is 0 Å². The Labute approximate surface area is 124 Å². The third-order valence-electron chi connectivity index (χ3n) is 3.05. The zero-order chi connectivity index (χ0) is 14.0. The summed E-state index contributed by atoms with van der Waals surface area (Å²) in [4.78, 5) is 0. The topological polar surface area (TPSA) is 22.8 Å². The Morgan fingerprint density at radius 3 is 2.42 bits per heavy atom. The largest absolute Gasteiger partial charge is 0.277 e. The fourth-order valence-electron chi connectivity index (χ4n) is 1.93. The normalized spacial score (nSPS) is 13.4. The minimum atomic E-state index is -1.59. The van der Waals surface area contributed by atoms with Crippen molar-refractivity contribution in [1.29, 1.82) is 0 Å². The predicted molar refractivity (Wildman–Crippen MR) is 87.4 cm³/mol. The maximum absolute atomic E-state index is 5.51. The number of aromatic nitrogens is 3. The second kappa shape index (κ2) is 5.70. The molecule has 0 amide bonds. The molecule has 0 N–H and O–H groups in total. The average Bonchev–Trinajstić information content (AvgIpc) is 2.72. The van der Waals surface area contributed by atoms with Crippen molar-refractivity contribution in [3.8, 4) is 0 Å². The third-order valence-corrected chi connectivity index (χ3v) is 5.45. The molecular formula is C13H18N3PS2. The molecule has 0 saturated carbocycles. The lowest BCUT2D eigenvalue weighted by Crippen LogP contribution is -2.08. The number of nitrogens with zero attached hydrogens (tertiary/aromatic N) is 3. The van der Waals surface area contributed by atoms with E-state index in [1.165, 1.54) is 5.56 Å². The van der Waals surface area contributed by atoms with Crippen LogP contribution < -0.4 is 0 Å². The van der Waals surface area contributed by atoms with Crippen LogP contribution in [0.15, 0.2) is 36.7 Å².